The second-order valence-electron chi connectivity index (χ2n) is 3.52. The zero-order chi connectivity index (χ0) is 12.7. The number of carboxylic acids is 1. The molecule has 1 amide bonds. The summed E-state index contributed by atoms with van der Waals surface area (Å²) in [5, 5.41) is 14.2. The van der Waals surface area contributed by atoms with Crippen LogP contribution in [0.2, 0.25) is 0 Å². The molecule has 94 valence electrons. The highest BCUT2D eigenvalue weighted by Gasteiger charge is 2.20. The van der Waals surface area contributed by atoms with E-state index in [4.69, 9.17) is 5.11 Å². The largest absolute Gasteiger partial charge is 0.480 e. The molecule has 0 aliphatic heterocycles. The predicted molar refractivity (Wildman–Crippen MR) is 60.4 cm³/mol. The number of aliphatic carboxylic acids is 1. The van der Waals surface area contributed by atoms with E-state index in [1.807, 2.05) is 6.92 Å². The number of rotatable bonds is 7. The van der Waals surface area contributed by atoms with Gasteiger partial charge in [-0.2, -0.15) is 0 Å². The van der Waals surface area contributed by atoms with Gasteiger partial charge in [-0.25, -0.2) is 9.78 Å². The van der Waals surface area contributed by atoms with Crippen molar-refractivity contribution in [3.8, 4) is 0 Å². The molecule has 1 aromatic rings. The van der Waals surface area contributed by atoms with Crippen LogP contribution in [-0.2, 0) is 16.0 Å². The van der Waals surface area contributed by atoms with E-state index in [1.165, 1.54) is 12.5 Å². The first kappa shape index (κ1) is 13.2. The van der Waals surface area contributed by atoms with Crippen LogP contribution < -0.4 is 10.6 Å². The molecule has 4 N–H and O–H groups in total. The summed E-state index contributed by atoms with van der Waals surface area (Å²) < 4.78 is 0. The van der Waals surface area contributed by atoms with Crippen LogP contribution in [0.25, 0.3) is 0 Å². The van der Waals surface area contributed by atoms with E-state index < -0.39 is 12.0 Å². The standard InChI is InChI=1S/C10H16N4O3/c1-2-11-5-9(15)14-8(10(16)17)3-7-4-12-6-13-7/h4,6,8,11H,2-3,5H2,1H3,(H,12,13)(H,14,15)(H,16,17)/t8-/m0/s1. The molecule has 0 bridgehead atoms. The lowest BCUT2D eigenvalue weighted by molar-refractivity contribution is -0.141. The van der Waals surface area contributed by atoms with Gasteiger partial charge < -0.3 is 20.7 Å². The second-order valence-corrected chi connectivity index (χ2v) is 3.52. The van der Waals surface area contributed by atoms with Gasteiger partial charge in [0.1, 0.15) is 6.04 Å². The number of amides is 1. The van der Waals surface area contributed by atoms with Crippen LogP contribution in [0.4, 0.5) is 0 Å². The number of likely N-dealkylation sites (N-methyl/N-ethyl adjacent to an activating group) is 1. The van der Waals surface area contributed by atoms with Crippen LogP contribution in [0.3, 0.4) is 0 Å². The first-order valence-electron chi connectivity index (χ1n) is 5.33. The van der Waals surface area contributed by atoms with E-state index in [-0.39, 0.29) is 18.9 Å². The third-order valence-electron chi connectivity index (χ3n) is 2.15. The Bertz CT molecular complexity index is 364. The van der Waals surface area contributed by atoms with Crippen LogP contribution in [0.15, 0.2) is 12.5 Å². The Kier molecular flexibility index (Phi) is 5.15. The lowest BCUT2D eigenvalue weighted by Gasteiger charge is -2.13. The molecular formula is C10H16N4O3. The molecule has 0 spiro atoms. The Morgan fingerprint density at radius 2 is 2.35 bits per heavy atom. The van der Waals surface area contributed by atoms with Gasteiger partial charge in [-0.15, -0.1) is 0 Å². The first-order chi connectivity index (χ1) is 8.13. The van der Waals surface area contributed by atoms with Crippen LogP contribution in [0.1, 0.15) is 12.6 Å². The summed E-state index contributed by atoms with van der Waals surface area (Å²) in [4.78, 5) is 28.9. The number of imidazole rings is 1. The lowest BCUT2D eigenvalue weighted by atomic mass is 10.1. The Hall–Kier alpha value is -1.89. The minimum absolute atomic E-state index is 0.114. The molecule has 1 atom stereocenters. The topological polar surface area (TPSA) is 107 Å². The normalized spacial score (nSPS) is 12.1. The monoisotopic (exact) mass is 240 g/mol. The van der Waals surface area contributed by atoms with Crippen molar-refractivity contribution in [1.29, 1.82) is 0 Å². The minimum atomic E-state index is -1.07. The van der Waals surface area contributed by atoms with E-state index in [9.17, 15) is 9.59 Å². The van der Waals surface area contributed by atoms with Crippen molar-refractivity contribution in [2.24, 2.45) is 0 Å². The fourth-order valence-electron chi connectivity index (χ4n) is 1.30. The van der Waals surface area contributed by atoms with Crippen LogP contribution in [0.5, 0.6) is 0 Å². The highest BCUT2D eigenvalue weighted by atomic mass is 16.4. The fraction of sp³-hybridized carbons (Fsp3) is 0.500. The smallest absolute Gasteiger partial charge is 0.326 e. The summed E-state index contributed by atoms with van der Waals surface area (Å²) >= 11 is 0. The van der Waals surface area contributed by atoms with Gasteiger partial charge >= 0.3 is 5.97 Å². The number of carboxylic acid groups (broad SMARTS) is 1. The molecule has 0 fully saturated rings. The third kappa shape index (κ3) is 4.64. The summed E-state index contributed by atoms with van der Waals surface area (Å²) in [6.45, 7) is 2.64. The van der Waals surface area contributed by atoms with Gasteiger partial charge in [-0.3, -0.25) is 4.79 Å². The molecule has 1 rings (SSSR count). The molecule has 17 heavy (non-hydrogen) atoms. The highest BCUT2D eigenvalue weighted by Crippen LogP contribution is 1.98. The summed E-state index contributed by atoms with van der Waals surface area (Å²) in [6.07, 6.45) is 3.19. The molecule has 7 nitrogen and oxygen atoms in total. The number of hydrogen-bond acceptors (Lipinski definition) is 4. The minimum Gasteiger partial charge on any atom is -0.480 e. The van der Waals surface area contributed by atoms with Crippen molar-refractivity contribution in [3.63, 3.8) is 0 Å². The molecule has 1 heterocycles. The quantitative estimate of drug-likeness (QED) is 0.495. The van der Waals surface area contributed by atoms with Gasteiger partial charge in [0, 0.05) is 18.3 Å². The van der Waals surface area contributed by atoms with Gasteiger partial charge in [0.25, 0.3) is 0 Å². The van der Waals surface area contributed by atoms with Crippen molar-refractivity contribution < 1.29 is 14.7 Å². The van der Waals surface area contributed by atoms with E-state index in [1.54, 1.807) is 0 Å². The van der Waals surface area contributed by atoms with Crippen molar-refractivity contribution in [3.05, 3.63) is 18.2 Å². The molecular weight excluding hydrogens is 224 g/mol. The summed E-state index contributed by atoms with van der Waals surface area (Å²) in [5.74, 6) is -1.40. The summed E-state index contributed by atoms with van der Waals surface area (Å²) in [6, 6.07) is -0.943. The Morgan fingerprint density at radius 3 is 2.88 bits per heavy atom. The maximum absolute atomic E-state index is 11.4. The Labute approximate surface area is 98.6 Å². The molecule has 0 saturated heterocycles. The molecule has 1 aromatic heterocycles. The van der Waals surface area contributed by atoms with E-state index in [2.05, 4.69) is 20.6 Å². The SMILES string of the molecule is CCNCC(=O)N[C@@H](Cc1cnc[nH]1)C(=O)O. The number of hydrogen-bond donors (Lipinski definition) is 4. The van der Waals surface area contributed by atoms with Crippen molar-refractivity contribution in [1.82, 2.24) is 20.6 Å². The number of nitrogens with one attached hydrogen (secondary N) is 3. The summed E-state index contributed by atoms with van der Waals surface area (Å²) in [7, 11) is 0. The predicted octanol–water partition coefficient (Wildman–Crippen LogP) is -0.869. The first-order valence-corrected chi connectivity index (χ1v) is 5.33. The molecule has 0 unspecified atom stereocenters. The number of H-pyrrole nitrogens is 1. The van der Waals surface area contributed by atoms with Gasteiger partial charge in [0.15, 0.2) is 0 Å². The Morgan fingerprint density at radius 1 is 1.59 bits per heavy atom. The number of aromatic amines is 1. The molecule has 0 saturated carbocycles. The summed E-state index contributed by atoms with van der Waals surface area (Å²) in [5.41, 5.74) is 0.668. The van der Waals surface area contributed by atoms with Crippen molar-refractivity contribution in [2.75, 3.05) is 13.1 Å². The number of carbonyl (C=O) groups is 2. The van der Waals surface area contributed by atoms with Gasteiger partial charge in [-0.05, 0) is 6.54 Å². The zero-order valence-electron chi connectivity index (χ0n) is 9.56. The van der Waals surface area contributed by atoms with Crippen LogP contribution in [0, 0.1) is 0 Å². The fourth-order valence-corrected chi connectivity index (χ4v) is 1.30. The Balaban J connectivity index is 2.49. The second kappa shape index (κ2) is 6.64. The van der Waals surface area contributed by atoms with Gasteiger partial charge in [0.2, 0.25) is 5.91 Å². The number of carbonyl (C=O) groups excluding carboxylic acids is 1. The highest BCUT2D eigenvalue weighted by molar-refractivity contribution is 5.84. The van der Waals surface area contributed by atoms with Crippen LogP contribution >= 0.6 is 0 Å². The average molecular weight is 240 g/mol. The maximum Gasteiger partial charge on any atom is 0.326 e. The average Bonchev–Trinajstić information content (AvgIpc) is 2.78. The van der Waals surface area contributed by atoms with Crippen molar-refractivity contribution in [2.45, 2.75) is 19.4 Å². The van der Waals surface area contributed by atoms with E-state index >= 15 is 0 Å². The number of aromatic nitrogens is 2. The molecule has 7 heteroatoms. The van der Waals surface area contributed by atoms with Gasteiger partial charge in [0.05, 0.1) is 12.9 Å². The maximum atomic E-state index is 11.4. The van der Waals surface area contributed by atoms with Gasteiger partial charge in [-0.1, -0.05) is 6.92 Å². The number of nitrogens with zero attached hydrogens (tertiary/aromatic N) is 1. The van der Waals surface area contributed by atoms with E-state index in [0.717, 1.165) is 0 Å². The van der Waals surface area contributed by atoms with E-state index in [0.29, 0.717) is 12.2 Å². The van der Waals surface area contributed by atoms with Crippen LogP contribution in [-0.4, -0.2) is 46.1 Å². The molecule has 0 aliphatic rings. The zero-order valence-corrected chi connectivity index (χ0v) is 9.56. The molecule has 0 radical (unpaired) electrons. The molecule has 0 aromatic carbocycles. The lowest BCUT2D eigenvalue weighted by Crippen LogP contribution is -2.45. The third-order valence-corrected chi connectivity index (χ3v) is 2.15. The molecule has 0 aliphatic carbocycles. The van der Waals surface area contributed by atoms with Crippen molar-refractivity contribution >= 4 is 11.9 Å².